The minimum Gasteiger partial charge on any atom is -0.473 e. The normalized spacial score (nSPS) is 17.9. The Hall–Kier alpha value is -3.46. The number of benzene rings is 4. The third kappa shape index (κ3) is 2.51. The lowest BCUT2D eigenvalue weighted by Crippen LogP contribution is -2.35. The number of hydrogen-bond acceptors (Lipinski definition) is 1. The van der Waals surface area contributed by atoms with Gasteiger partial charge in [-0.15, -0.1) is 0 Å². The van der Waals surface area contributed by atoms with Gasteiger partial charge in [0.25, 0.3) is 0 Å². The van der Waals surface area contributed by atoms with Gasteiger partial charge in [0.2, 0.25) is 0 Å². The van der Waals surface area contributed by atoms with E-state index < -0.39 is 5.60 Å². The van der Waals surface area contributed by atoms with Gasteiger partial charge in [0.05, 0.1) is 0 Å². The second kappa shape index (κ2) is 6.31. The number of halogens is 2. The van der Waals surface area contributed by atoms with Crippen LogP contribution in [0.3, 0.4) is 0 Å². The first-order valence-electron chi connectivity index (χ1n) is 9.08. The number of rotatable bonds is 2. The minimum atomic E-state index is -1.17. The second-order valence-corrected chi connectivity index (χ2v) is 6.86. The van der Waals surface area contributed by atoms with Crippen molar-refractivity contribution in [2.24, 2.45) is 0 Å². The fourth-order valence-corrected chi connectivity index (χ4v) is 3.86. The molecule has 3 heteroatoms. The Kier molecular flexibility index (Phi) is 3.76. The highest BCUT2D eigenvalue weighted by molar-refractivity contribution is 5.94. The van der Waals surface area contributed by atoms with Crippen molar-refractivity contribution >= 4 is 16.8 Å². The van der Waals surface area contributed by atoms with Gasteiger partial charge in [0, 0.05) is 16.7 Å². The van der Waals surface area contributed by atoms with Crippen molar-refractivity contribution in [1.82, 2.24) is 0 Å². The number of fused-ring (bicyclic) bond motifs is 3. The third-order valence-corrected chi connectivity index (χ3v) is 5.23. The van der Waals surface area contributed by atoms with Crippen molar-refractivity contribution in [1.29, 1.82) is 0 Å². The van der Waals surface area contributed by atoms with Gasteiger partial charge < -0.3 is 4.74 Å². The fourth-order valence-electron chi connectivity index (χ4n) is 3.86. The molecule has 1 unspecified atom stereocenters. The van der Waals surface area contributed by atoms with Crippen molar-refractivity contribution in [2.75, 3.05) is 0 Å². The van der Waals surface area contributed by atoms with Crippen LogP contribution in [0.2, 0.25) is 0 Å². The lowest BCUT2D eigenvalue weighted by Gasteiger charge is -2.36. The summed E-state index contributed by atoms with van der Waals surface area (Å²) in [6.45, 7) is 0. The van der Waals surface area contributed by atoms with E-state index in [4.69, 9.17) is 4.74 Å². The molecule has 1 aliphatic heterocycles. The predicted molar refractivity (Wildman–Crippen MR) is 107 cm³/mol. The van der Waals surface area contributed by atoms with Crippen LogP contribution in [0.5, 0.6) is 5.75 Å². The van der Waals surface area contributed by atoms with Gasteiger partial charge in [-0.1, -0.05) is 60.7 Å². The molecule has 0 saturated heterocycles. The van der Waals surface area contributed by atoms with Crippen LogP contribution in [0.15, 0.2) is 91.0 Å². The maximum atomic E-state index is 14.8. The summed E-state index contributed by atoms with van der Waals surface area (Å²) in [4.78, 5) is 0. The van der Waals surface area contributed by atoms with E-state index in [1.54, 1.807) is 30.3 Å². The molecule has 4 aromatic rings. The molecule has 28 heavy (non-hydrogen) atoms. The molecule has 1 aliphatic rings. The van der Waals surface area contributed by atoms with E-state index in [-0.39, 0.29) is 11.6 Å². The highest BCUT2D eigenvalue weighted by Gasteiger charge is 2.39. The molecule has 4 aromatic carbocycles. The number of ether oxygens (including phenoxy) is 1. The molecule has 136 valence electrons. The van der Waals surface area contributed by atoms with Crippen molar-refractivity contribution in [2.45, 2.75) is 5.60 Å². The van der Waals surface area contributed by atoms with E-state index in [9.17, 15) is 8.78 Å². The Bertz CT molecular complexity index is 1210. The van der Waals surface area contributed by atoms with Crippen molar-refractivity contribution in [3.05, 3.63) is 119 Å². The molecule has 0 radical (unpaired) electrons. The standard InChI is InChI=1S/C25H16F2O/c26-19-12-10-18(11-13-19)25(22-7-3-4-8-23(22)27)16-15-21-20-6-2-1-5-17(20)9-14-24(21)28-25/h1-16H. The average molecular weight is 370 g/mol. The van der Waals surface area contributed by atoms with E-state index in [2.05, 4.69) is 0 Å². The Balaban J connectivity index is 1.76. The van der Waals surface area contributed by atoms with Crippen LogP contribution in [-0.4, -0.2) is 0 Å². The molecule has 0 bridgehead atoms. The third-order valence-electron chi connectivity index (χ3n) is 5.23. The van der Waals surface area contributed by atoms with Crippen LogP contribution < -0.4 is 4.74 Å². The molecular weight excluding hydrogens is 354 g/mol. The molecule has 1 heterocycles. The minimum absolute atomic E-state index is 0.349. The number of hydrogen-bond donors (Lipinski definition) is 0. The molecule has 0 aliphatic carbocycles. The first-order valence-corrected chi connectivity index (χ1v) is 9.08. The monoisotopic (exact) mass is 370 g/mol. The van der Waals surface area contributed by atoms with Crippen LogP contribution in [0.4, 0.5) is 8.78 Å². The van der Waals surface area contributed by atoms with E-state index in [0.29, 0.717) is 16.9 Å². The molecular formula is C25H16F2O. The highest BCUT2D eigenvalue weighted by atomic mass is 19.1. The van der Waals surface area contributed by atoms with Gasteiger partial charge in [-0.2, -0.15) is 0 Å². The summed E-state index contributed by atoms with van der Waals surface area (Å²) in [6, 6.07) is 24.5. The molecule has 0 aromatic heterocycles. The molecule has 0 saturated carbocycles. The quantitative estimate of drug-likeness (QED) is 0.393. The fraction of sp³-hybridized carbons (Fsp3) is 0.0400. The van der Waals surface area contributed by atoms with Gasteiger partial charge in [0.1, 0.15) is 17.4 Å². The van der Waals surface area contributed by atoms with E-state index in [1.165, 1.54) is 18.2 Å². The lowest BCUT2D eigenvalue weighted by molar-refractivity contribution is 0.156. The first-order chi connectivity index (χ1) is 13.7. The predicted octanol–water partition coefficient (Wildman–Crippen LogP) is 6.47. The van der Waals surface area contributed by atoms with Crippen LogP contribution in [0.25, 0.3) is 16.8 Å². The molecule has 5 rings (SSSR count). The summed E-state index contributed by atoms with van der Waals surface area (Å²) < 4.78 is 34.8. The average Bonchev–Trinajstić information content (AvgIpc) is 2.74. The largest absolute Gasteiger partial charge is 0.473 e. The zero-order valence-corrected chi connectivity index (χ0v) is 14.9. The molecule has 0 spiro atoms. The second-order valence-electron chi connectivity index (χ2n) is 6.86. The van der Waals surface area contributed by atoms with Crippen molar-refractivity contribution in [3.8, 4) is 5.75 Å². The van der Waals surface area contributed by atoms with E-state index in [1.807, 2.05) is 48.6 Å². The zero-order chi connectivity index (χ0) is 19.1. The van der Waals surface area contributed by atoms with Crippen LogP contribution in [0.1, 0.15) is 16.7 Å². The Morgan fingerprint density at radius 2 is 1.46 bits per heavy atom. The van der Waals surface area contributed by atoms with Crippen LogP contribution in [-0.2, 0) is 5.60 Å². The molecule has 0 fully saturated rings. The van der Waals surface area contributed by atoms with E-state index in [0.717, 1.165) is 16.3 Å². The molecule has 0 N–H and O–H groups in total. The Morgan fingerprint density at radius 1 is 0.714 bits per heavy atom. The van der Waals surface area contributed by atoms with Gasteiger partial charge in [-0.05, 0) is 47.2 Å². The summed E-state index contributed by atoms with van der Waals surface area (Å²) in [6.07, 6.45) is 3.82. The van der Waals surface area contributed by atoms with Gasteiger partial charge in [-0.25, -0.2) is 8.78 Å². The lowest BCUT2D eigenvalue weighted by atomic mass is 9.83. The maximum absolute atomic E-state index is 14.8. The van der Waals surface area contributed by atoms with Crippen LogP contribution in [0, 0.1) is 11.6 Å². The Morgan fingerprint density at radius 3 is 2.29 bits per heavy atom. The van der Waals surface area contributed by atoms with Crippen LogP contribution >= 0.6 is 0 Å². The van der Waals surface area contributed by atoms with Gasteiger partial charge in [-0.3, -0.25) is 0 Å². The molecule has 0 amide bonds. The summed E-state index contributed by atoms with van der Waals surface area (Å²) in [5.74, 6) is -0.0619. The Labute approximate surface area is 161 Å². The SMILES string of the molecule is Fc1ccc(C2(c3ccccc3F)C=Cc3c(ccc4ccccc34)O2)cc1. The van der Waals surface area contributed by atoms with Crippen molar-refractivity contribution in [3.63, 3.8) is 0 Å². The molecule has 1 atom stereocenters. The smallest absolute Gasteiger partial charge is 0.180 e. The topological polar surface area (TPSA) is 9.23 Å². The van der Waals surface area contributed by atoms with E-state index >= 15 is 0 Å². The summed E-state index contributed by atoms with van der Waals surface area (Å²) >= 11 is 0. The molecule has 1 nitrogen and oxygen atoms in total. The first kappa shape index (κ1) is 16.7. The zero-order valence-electron chi connectivity index (χ0n) is 14.9. The highest BCUT2D eigenvalue weighted by Crippen LogP contribution is 2.44. The maximum Gasteiger partial charge on any atom is 0.180 e. The summed E-state index contributed by atoms with van der Waals surface area (Å²) in [7, 11) is 0. The van der Waals surface area contributed by atoms with Gasteiger partial charge in [0.15, 0.2) is 5.60 Å². The summed E-state index contributed by atoms with van der Waals surface area (Å²) in [5, 5.41) is 2.17. The van der Waals surface area contributed by atoms with Crippen molar-refractivity contribution < 1.29 is 13.5 Å². The summed E-state index contributed by atoms with van der Waals surface area (Å²) in [5.41, 5.74) is 0.826. The van der Waals surface area contributed by atoms with Gasteiger partial charge >= 0.3 is 0 Å².